The van der Waals surface area contributed by atoms with Crippen molar-refractivity contribution in [3.05, 3.63) is 29.3 Å². The van der Waals surface area contributed by atoms with E-state index in [2.05, 4.69) is 32.2 Å². The fraction of sp³-hybridized carbons (Fsp3) is 0.571. The van der Waals surface area contributed by atoms with Crippen LogP contribution in [-0.4, -0.2) is 17.8 Å². The maximum absolute atomic E-state index is 6.14. The molecule has 0 aliphatic carbocycles. The number of benzene rings is 1. The molecule has 0 saturated carbocycles. The Hall–Kier alpha value is -0.180. The molecule has 2 unspecified atom stereocenters. The molecule has 1 N–H and O–H groups in total. The standard InChI is InChI=1S/C14H22ClNS/c1-4-7-11(2)16-10-12(3)17-14-9-6-5-8-13(14)15/h5-6,8-9,11-12,16H,4,7,10H2,1-3H3. The first-order valence-corrected chi connectivity index (χ1v) is 7.53. The predicted octanol–water partition coefficient (Wildman–Crippen LogP) is 4.60. The van der Waals surface area contributed by atoms with Crippen LogP contribution in [0.15, 0.2) is 29.2 Å². The SMILES string of the molecule is CCCC(C)NCC(C)Sc1ccccc1Cl. The highest BCUT2D eigenvalue weighted by atomic mass is 35.5. The number of thioether (sulfide) groups is 1. The highest BCUT2D eigenvalue weighted by Gasteiger charge is 2.08. The van der Waals surface area contributed by atoms with Crippen molar-refractivity contribution in [1.82, 2.24) is 5.32 Å². The van der Waals surface area contributed by atoms with E-state index in [0.29, 0.717) is 11.3 Å². The Morgan fingerprint density at radius 3 is 2.65 bits per heavy atom. The maximum atomic E-state index is 6.14. The Morgan fingerprint density at radius 2 is 2.00 bits per heavy atom. The third-order valence-electron chi connectivity index (χ3n) is 2.64. The van der Waals surface area contributed by atoms with Crippen molar-refractivity contribution in [2.45, 2.75) is 49.8 Å². The number of nitrogens with one attached hydrogen (secondary N) is 1. The third kappa shape index (κ3) is 5.80. The van der Waals surface area contributed by atoms with Gasteiger partial charge in [0.05, 0.1) is 5.02 Å². The summed E-state index contributed by atoms with van der Waals surface area (Å²) in [5, 5.41) is 4.95. The van der Waals surface area contributed by atoms with Crippen molar-refractivity contribution in [1.29, 1.82) is 0 Å². The molecule has 0 aliphatic rings. The van der Waals surface area contributed by atoms with Gasteiger partial charge in [-0.1, -0.05) is 44.0 Å². The molecule has 0 saturated heterocycles. The quantitative estimate of drug-likeness (QED) is 0.728. The van der Waals surface area contributed by atoms with Crippen LogP contribution < -0.4 is 5.32 Å². The Balaban J connectivity index is 2.34. The van der Waals surface area contributed by atoms with Crippen molar-refractivity contribution in [2.24, 2.45) is 0 Å². The summed E-state index contributed by atoms with van der Waals surface area (Å²) in [7, 11) is 0. The van der Waals surface area contributed by atoms with Gasteiger partial charge in [0.2, 0.25) is 0 Å². The van der Waals surface area contributed by atoms with Gasteiger partial charge in [-0.2, -0.15) is 0 Å². The summed E-state index contributed by atoms with van der Waals surface area (Å²) >= 11 is 7.98. The summed E-state index contributed by atoms with van der Waals surface area (Å²) in [5.74, 6) is 0. The monoisotopic (exact) mass is 271 g/mol. The van der Waals surface area contributed by atoms with Crippen LogP contribution >= 0.6 is 23.4 Å². The van der Waals surface area contributed by atoms with Gasteiger partial charge in [0.15, 0.2) is 0 Å². The molecule has 1 nitrogen and oxygen atoms in total. The molecule has 1 aromatic carbocycles. The van der Waals surface area contributed by atoms with Crippen LogP contribution in [-0.2, 0) is 0 Å². The zero-order valence-corrected chi connectivity index (χ0v) is 12.4. The lowest BCUT2D eigenvalue weighted by Crippen LogP contribution is -2.31. The predicted molar refractivity (Wildman–Crippen MR) is 79.1 cm³/mol. The molecule has 0 spiro atoms. The normalized spacial score (nSPS) is 14.6. The van der Waals surface area contributed by atoms with E-state index in [9.17, 15) is 0 Å². The first-order chi connectivity index (χ1) is 8.13. The molecule has 96 valence electrons. The molecule has 17 heavy (non-hydrogen) atoms. The molecule has 0 bridgehead atoms. The van der Waals surface area contributed by atoms with Gasteiger partial charge in [0.1, 0.15) is 0 Å². The molecule has 0 radical (unpaired) electrons. The highest BCUT2D eigenvalue weighted by Crippen LogP contribution is 2.29. The van der Waals surface area contributed by atoms with E-state index in [0.717, 1.165) is 11.6 Å². The lowest BCUT2D eigenvalue weighted by Gasteiger charge is -2.17. The number of hydrogen-bond acceptors (Lipinski definition) is 2. The molecule has 1 rings (SSSR count). The average molecular weight is 272 g/mol. The maximum Gasteiger partial charge on any atom is 0.0541 e. The Bertz CT molecular complexity index is 330. The first-order valence-electron chi connectivity index (χ1n) is 6.28. The molecule has 2 atom stereocenters. The van der Waals surface area contributed by atoms with Crippen molar-refractivity contribution in [2.75, 3.05) is 6.54 Å². The summed E-state index contributed by atoms with van der Waals surface area (Å²) in [5.41, 5.74) is 0. The van der Waals surface area contributed by atoms with Crippen LogP contribution in [0.5, 0.6) is 0 Å². The Kier molecular flexibility index (Phi) is 7.02. The van der Waals surface area contributed by atoms with E-state index in [4.69, 9.17) is 11.6 Å². The van der Waals surface area contributed by atoms with Gasteiger partial charge >= 0.3 is 0 Å². The van der Waals surface area contributed by atoms with Crippen molar-refractivity contribution < 1.29 is 0 Å². The zero-order chi connectivity index (χ0) is 12.7. The molecule has 3 heteroatoms. The molecule has 0 amide bonds. The summed E-state index contributed by atoms with van der Waals surface area (Å²) in [6.07, 6.45) is 2.48. The smallest absolute Gasteiger partial charge is 0.0541 e. The number of hydrogen-bond donors (Lipinski definition) is 1. The summed E-state index contributed by atoms with van der Waals surface area (Å²) in [6.45, 7) is 7.73. The second-order valence-electron chi connectivity index (χ2n) is 4.46. The van der Waals surface area contributed by atoms with Gasteiger partial charge in [-0.05, 0) is 25.5 Å². The van der Waals surface area contributed by atoms with E-state index in [1.54, 1.807) is 0 Å². The van der Waals surface area contributed by atoms with Crippen LogP contribution in [0.1, 0.15) is 33.6 Å². The van der Waals surface area contributed by atoms with Crippen molar-refractivity contribution in [3.63, 3.8) is 0 Å². The third-order valence-corrected chi connectivity index (χ3v) is 4.26. The summed E-state index contributed by atoms with van der Waals surface area (Å²) in [6, 6.07) is 8.64. The van der Waals surface area contributed by atoms with Gasteiger partial charge in [-0.25, -0.2) is 0 Å². The molecular weight excluding hydrogens is 250 g/mol. The van der Waals surface area contributed by atoms with Crippen LogP contribution in [0.25, 0.3) is 0 Å². The Labute approximate surface area is 114 Å². The van der Waals surface area contributed by atoms with Gasteiger partial charge in [-0.15, -0.1) is 11.8 Å². The fourth-order valence-electron chi connectivity index (χ4n) is 1.70. The van der Waals surface area contributed by atoms with Crippen molar-refractivity contribution in [3.8, 4) is 0 Å². The molecule has 0 fully saturated rings. The van der Waals surface area contributed by atoms with E-state index < -0.39 is 0 Å². The second-order valence-corrected chi connectivity index (χ2v) is 6.34. The minimum absolute atomic E-state index is 0.536. The Morgan fingerprint density at radius 1 is 1.29 bits per heavy atom. The summed E-state index contributed by atoms with van der Waals surface area (Å²) in [4.78, 5) is 1.17. The van der Waals surface area contributed by atoms with E-state index in [1.807, 2.05) is 30.0 Å². The number of rotatable bonds is 7. The van der Waals surface area contributed by atoms with Gasteiger partial charge in [0, 0.05) is 22.7 Å². The van der Waals surface area contributed by atoms with Crippen LogP contribution in [0.3, 0.4) is 0 Å². The van der Waals surface area contributed by atoms with Gasteiger partial charge in [0.25, 0.3) is 0 Å². The highest BCUT2D eigenvalue weighted by molar-refractivity contribution is 8.00. The van der Waals surface area contributed by atoms with Crippen molar-refractivity contribution >= 4 is 23.4 Å². The molecular formula is C14H22ClNS. The summed E-state index contributed by atoms with van der Waals surface area (Å²) < 4.78 is 0. The van der Waals surface area contributed by atoms with Crippen LogP contribution in [0, 0.1) is 0 Å². The first kappa shape index (κ1) is 14.9. The van der Waals surface area contributed by atoms with Gasteiger partial charge in [-0.3, -0.25) is 0 Å². The van der Waals surface area contributed by atoms with Crippen LogP contribution in [0.2, 0.25) is 5.02 Å². The number of halogens is 1. The van der Waals surface area contributed by atoms with Gasteiger partial charge < -0.3 is 5.32 Å². The minimum atomic E-state index is 0.536. The minimum Gasteiger partial charge on any atom is -0.313 e. The topological polar surface area (TPSA) is 12.0 Å². The van der Waals surface area contributed by atoms with E-state index >= 15 is 0 Å². The lowest BCUT2D eigenvalue weighted by atomic mass is 10.2. The molecule has 0 heterocycles. The second kappa shape index (κ2) is 8.02. The molecule has 1 aromatic rings. The largest absolute Gasteiger partial charge is 0.313 e. The average Bonchev–Trinajstić information content (AvgIpc) is 2.30. The molecule has 0 aromatic heterocycles. The fourth-order valence-corrected chi connectivity index (χ4v) is 2.92. The van der Waals surface area contributed by atoms with E-state index in [-0.39, 0.29) is 0 Å². The lowest BCUT2D eigenvalue weighted by molar-refractivity contribution is 0.511. The van der Waals surface area contributed by atoms with Crippen LogP contribution in [0.4, 0.5) is 0 Å². The molecule has 0 aliphatic heterocycles. The van der Waals surface area contributed by atoms with E-state index in [1.165, 1.54) is 17.7 Å². The zero-order valence-electron chi connectivity index (χ0n) is 10.9.